The van der Waals surface area contributed by atoms with Gasteiger partial charge in [-0.15, -0.1) is 0 Å². The first-order valence-electron chi connectivity index (χ1n) is 4.68. The van der Waals surface area contributed by atoms with E-state index in [0.717, 1.165) is 16.3 Å². The zero-order chi connectivity index (χ0) is 11.5. The number of nitrogens with two attached hydrogens (primary N) is 1. The molecule has 0 aliphatic rings. The van der Waals surface area contributed by atoms with Gasteiger partial charge in [-0.05, 0) is 48.8 Å². The van der Waals surface area contributed by atoms with E-state index in [1.165, 1.54) is 11.5 Å². The highest BCUT2D eigenvalue weighted by atomic mass is 35.5. The van der Waals surface area contributed by atoms with Crippen LogP contribution in [0.15, 0.2) is 35.3 Å². The van der Waals surface area contributed by atoms with Gasteiger partial charge in [0.15, 0.2) is 0 Å². The second-order valence-corrected chi connectivity index (χ2v) is 4.55. The van der Waals surface area contributed by atoms with E-state index in [2.05, 4.69) is 9.37 Å². The largest absolute Gasteiger partial charge is 0.382 e. The average Bonchev–Trinajstić information content (AvgIpc) is 2.68. The third-order valence-corrected chi connectivity index (χ3v) is 3.11. The predicted molar refractivity (Wildman–Crippen MR) is 68.7 cm³/mol. The summed E-state index contributed by atoms with van der Waals surface area (Å²) in [5.41, 5.74) is 7.60. The molecule has 5 heteroatoms. The molecule has 0 aliphatic carbocycles. The molecule has 0 radical (unpaired) electrons. The molecule has 0 saturated carbocycles. The van der Waals surface area contributed by atoms with Crippen molar-refractivity contribution in [2.75, 3.05) is 0 Å². The number of hydrogen-bond donors (Lipinski definition) is 1. The summed E-state index contributed by atoms with van der Waals surface area (Å²) in [5.74, 6) is 0.480. The van der Waals surface area contributed by atoms with Crippen molar-refractivity contribution in [1.82, 2.24) is 4.37 Å². The van der Waals surface area contributed by atoms with E-state index in [4.69, 9.17) is 17.3 Å². The first-order valence-corrected chi connectivity index (χ1v) is 5.84. The summed E-state index contributed by atoms with van der Waals surface area (Å²) >= 11 is 7.13. The van der Waals surface area contributed by atoms with Gasteiger partial charge in [-0.2, -0.15) is 4.37 Å². The van der Waals surface area contributed by atoms with Crippen LogP contribution in [0.5, 0.6) is 0 Å². The zero-order valence-electron chi connectivity index (χ0n) is 8.64. The summed E-state index contributed by atoms with van der Waals surface area (Å²) in [6.45, 7) is 1.93. The Labute approximate surface area is 103 Å². The number of nitrogens with zero attached hydrogens (tertiary/aromatic N) is 2. The predicted octanol–water partition coefficient (Wildman–Crippen LogP) is 3.14. The Morgan fingerprint density at radius 3 is 2.62 bits per heavy atom. The Hall–Kier alpha value is -1.39. The SMILES string of the molecule is Cc1cc(C(N)=Nc2ccc(Cl)cc2)sn1. The maximum absolute atomic E-state index is 5.87. The molecule has 3 nitrogen and oxygen atoms in total. The molecule has 2 N–H and O–H groups in total. The van der Waals surface area contributed by atoms with Gasteiger partial charge in [0.1, 0.15) is 5.84 Å². The Balaban J connectivity index is 2.27. The fourth-order valence-corrected chi connectivity index (χ4v) is 1.98. The van der Waals surface area contributed by atoms with Gasteiger partial charge in [0, 0.05) is 5.02 Å². The van der Waals surface area contributed by atoms with Crippen molar-refractivity contribution in [3.8, 4) is 0 Å². The highest BCUT2D eigenvalue weighted by Gasteiger charge is 2.02. The van der Waals surface area contributed by atoms with Crippen LogP contribution in [0.4, 0.5) is 5.69 Å². The molecular formula is C11H10ClN3S. The topological polar surface area (TPSA) is 51.3 Å². The first-order chi connectivity index (χ1) is 7.65. The fraction of sp³-hybridized carbons (Fsp3) is 0.0909. The first kappa shape index (κ1) is 11.1. The second-order valence-electron chi connectivity index (χ2n) is 3.31. The normalized spacial score (nSPS) is 11.8. The lowest BCUT2D eigenvalue weighted by Gasteiger charge is -1.97. The number of rotatable bonds is 2. The summed E-state index contributed by atoms with van der Waals surface area (Å²) in [6, 6.07) is 9.13. The molecule has 0 unspecified atom stereocenters. The number of aromatic nitrogens is 1. The van der Waals surface area contributed by atoms with Crippen LogP contribution in [0.2, 0.25) is 5.02 Å². The third-order valence-electron chi connectivity index (χ3n) is 1.96. The summed E-state index contributed by atoms with van der Waals surface area (Å²) in [5, 5.41) is 0.686. The molecule has 0 fully saturated rings. The molecule has 1 aromatic carbocycles. The van der Waals surface area contributed by atoms with Gasteiger partial charge >= 0.3 is 0 Å². The lowest BCUT2D eigenvalue weighted by molar-refractivity contribution is 1.34. The molecule has 2 aromatic rings. The molecule has 0 saturated heterocycles. The lowest BCUT2D eigenvalue weighted by Crippen LogP contribution is -2.10. The summed E-state index contributed by atoms with van der Waals surface area (Å²) < 4.78 is 4.15. The monoisotopic (exact) mass is 251 g/mol. The minimum Gasteiger partial charge on any atom is -0.382 e. The number of aliphatic imine (C=N–C) groups is 1. The minimum atomic E-state index is 0.480. The standard InChI is InChI=1S/C11H10ClN3S/c1-7-6-10(16-15-7)11(13)14-9-4-2-8(12)3-5-9/h2-6H,1H3,(H2,13,14). The summed E-state index contributed by atoms with van der Waals surface area (Å²) in [4.78, 5) is 5.17. The number of hydrogen-bond acceptors (Lipinski definition) is 3. The zero-order valence-corrected chi connectivity index (χ0v) is 10.2. The lowest BCUT2D eigenvalue weighted by atomic mass is 10.3. The number of benzene rings is 1. The maximum Gasteiger partial charge on any atom is 0.143 e. The van der Waals surface area contributed by atoms with Crippen molar-refractivity contribution in [3.05, 3.63) is 45.9 Å². The van der Waals surface area contributed by atoms with Gasteiger partial charge in [-0.1, -0.05) is 11.6 Å². The number of aryl methyl sites for hydroxylation is 1. The average molecular weight is 252 g/mol. The second kappa shape index (κ2) is 4.63. The van der Waals surface area contributed by atoms with Crippen molar-refractivity contribution in [3.63, 3.8) is 0 Å². The maximum atomic E-state index is 5.87. The van der Waals surface area contributed by atoms with Gasteiger partial charge in [-0.3, -0.25) is 0 Å². The van der Waals surface area contributed by atoms with E-state index >= 15 is 0 Å². The molecule has 0 bridgehead atoms. The molecular weight excluding hydrogens is 242 g/mol. The molecule has 0 amide bonds. The molecule has 82 valence electrons. The van der Waals surface area contributed by atoms with E-state index in [-0.39, 0.29) is 0 Å². The van der Waals surface area contributed by atoms with E-state index in [1.54, 1.807) is 12.1 Å². The van der Waals surface area contributed by atoms with Crippen LogP contribution in [-0.2, 0) is 0 Å². The van der Waals surface area contributed by atoms with E-state index < -0.39 is 0 Å². The summed E-state index contributed by atoms with van der Waals surface area (Å²) in [6.07, 6.45) is 0. The van der Waals surface area contributed by atoms with E-state index in [1.807, 2.05) is 25.1 Å². The van der Waals surface area contributed by atoms with Crippen molar-refractivity contribution in [2.24, 2.45) is 10.7 Å². The van der Waals surface area contributed by atoms with Crippen molar-refractivity contribution >= 4 is 34.7 Å². The van der Waals surface area contributed by atoms with Gasteiger partial charge < -0.3 is 5.73 Å². The van der Waals surface area contributed by atoms with Crippen LogP contribution in [-0.4, -0.2) is 10.2 Å². The molecule has 2 rings (SSSR count). The molecule has 16 heavy (non-hydrogen) atoms. The van der Waals surface area contributed by atoms with Crippen LogP contribution in [0.25, 0.3) is 0 Å². The van der Waals surface area contributed by atoms with Crippen LogP contribution in [0.3, 0.4) is 0 Å². The van der Waals surface area contributed by atoms with E-state index in [9.17, 15) is 0 Å². The van der Waals surface area contributed by atoms with Crippen LogP contribution in [0, 0.1) is 6.92 Å². The minimum absolute atomic E-state index is 0.480. The van der Waals surface area contributed by atoms with Crippen LogP contribution < -0.4 is 5.73 Å². The van der Waals surface area contributed by atoms with Crippen LogP contribution in [0.1, 0.15) is 10.6 Å². The molecule has 0 atom stereocenters. The molecule has 0 aliphatic heterocycles. The van der Waals surface area contributed by atoms with Gasteiger partial charge in [0.2, 0.25) is 0 Å². The van der Waals surface area contributed by atoms with Gasteiger partial charge in [-0.25, -0.2) is 4.99 Å². The van der Waals surface area contributed by atoms with Crippen molar-refractivity contribution in [2.45, 2.75) is 6.92 Å². The Morgan fingerprint density at radius 1 is 1.38 bits per heavy atom. The van der Waals surface area contributed by atoms with Crippen molar-refractivity contribution in [1.29, 1.82) is 0 Å². The smallest absolute Gasteiger partial charge is 0.143 e. The molecule has 0 spiro atoms. The highest BCUT2D eigenvalue weighted by molar-refractivity contribution is 7.08. The highest BCUT2D eigenvalue weighted by Crippen LogP contribution is 2.18. The Bertz CT molecular complexity index is 516. The number of halogens is 1. The molecule has 1 heterocycles. The number of amidine groups is 1. The molecule has 1 aromatic heterocycles. The van der Waals surface area contributed by atoms with E-state index in [0.29, 0.717) is 10.9 Å². The summed E-state index contributed by atoms with van der Waals surface area (Å²) in [7, 11) is 0. The Morgan fingerprint density at radius 2 is 2.06 bits per heavy atom. The van der Waals surface area contributed by atoms with Crippen LogP contribution >= 0.6 is 23.1 Å². The van der Waals surface area contributed by atoms with Crippen molar-refractivity contribution < 1.29 is 0 Å². The third kappa shape index (κ3) is 2.59. The van der Waals surface area contributed by atoms with Gasteiger partial charge in [0.25, 0.3) is 0 Å². The fourth-order valence-electron chi connectivity index (χ4n) is 1.19. The quantitative estimate of drug-likeness (QED) is 0.659. The Kier molecular flexibility index (Phi) is 3.22. The van der Waals surface area contributed by atoms with Gasteiger partial charge in [0.05, 0.1) is 16.3 Å².